The van der Waals surface area contributed by atoms with Crippen molar-refractivity contribution in [1.29, 1.82) is 0 Å². The summed E-state index contributed by atoms with van der Waals surface area (Å²) in [7, 11) is 0. The molecule has 0 radical (unpaired) electrons. The Hall–Kier alpha value is -5.21. The largest absolute Gasteiger partial charge is 0.404 e. The van der Waals surface area contributed by atoms with Gasteiger partial charge in [0.25, 0.3) is 0 Å². The van der Waals surface area contributed by atoms with Crippen LogP contribution < -0.4 is 5.73 Å². The second-order valence-electron chi connectivity index (χ2n) is 11.2. The number of nitrogens with zero attached hydrogens (tertiary/aromatic N) is 1. The molecule has 0 bridgehead atoms. The topological polar surface area (TPSA) is 38.9 Å². The fraction of sp³-hybridized carbons (Fsp3) is 0.0976. The summed E-state index contributed by atoms with van der Waals surface area (Å²) in [6, 6.07) is 39.4. The van der Waals surface area contributed by atoms with Gasteiger partial charge in [0, 0.05) is 17.3 Å². The first-order valence-corrected chi connectivity index (χ1v) is 15.0. The Kier molecular flexibility index (Phi) is 6.96. The van der Waals surface area contributed by atoms with Gasteiger partial charge in [-0.05, 0) is 111 Å². The third-order valence-electron chi connectivity index (χ3n) is 8.74. The smallest absolute Gasteiger partial charge is 0.0726 e. The fourth-order valence-corrected chi connectivity index (χ4v) is 6.52. The molecule has 2 nitrogen and oxygen atoms in total. The zero-order valence-corrected chi connectivity index (χ0v) is 24.6. The average Bonchev–Trinajstić information content (AvgIpc) is 3.07. The van der Waals surface area contributed by atoms with Crippen LogP contribution in [-0.2, 0) is 6.42 Å². The molecule has 6 aromatic rings. The lowest BCUT2D eigenvalue weighted by Crippen LogP contribution is -2.02. The molecule has 0 aliphatic heterocycles. The Morgan fingerprint density at radius 1 is 0.721 bits per heavy atom. The SMILES string of the molecule is C/C=C(C)\C(=C/N)c1cccc(-c2cccc(-c3c4c(c(-c5ccc6ccccc6c5)c5ccccc35)C=CCC4)c2)n1. The molecule has 1 aliphatic rings. The van der Waals surface area contributed by atoms with Crippen molar-refractivity contribution in [3.8, 4) is 33.5 Å². The lowest BCUT2D eigenvalue weighted by Gasteiger charge is -2.24. The molecule has 5 aromatic carbocycles. The fourth-order valence-electron chi connectivity index (χ4n) is 6.52. The van der Waals surface area contributed by atoms with Crippen LogP contribution in [0.5, 0.6) is 0 Å². The van der Waals surface area contributed by atoms with Gasteiger partial charge >= 0.3 is 0 Å². The molecule has 1 heterocycles. The maximum Gasteiger partial charge on any atom is 0.0726 e. The minimum Gasteiger partial charge on any atom is -0.404 e. The van der Waals surface area contributed by atoms with E-state index in [0.29, 0.717) is 0 Å². The van der Waals surface area contributed by atoms with Gasteiger partial charge in [0.2, 0.25) is 0 Å². The summed E-state index contributed by atoms with van der Waals surface area (Å²) < 4.78 is 0. The zero-order chi connectivity index (χ0) is 29.3. The molecule has 0 amide bonds. The molecule has 2 heteroatoms. The summed E-state index contributed by atoms with van der Waals surface area (Å²) in [6.07, 6.45) is 10.4. The number of hydrogen-bond acceptors (Lipinski definition) is 2. The van der Waals surface area contributed by atoms with Crippen LogP contribution in [0.3, 0.4) is 0 Å². The number of nitrogens with two attached hydrogens (primary N) is 1. The Morgan fingerprint density at radius 3 is 2.26 bits per heavy atom. The first-order chi connectivity index (χ1) is 21.2. The summed E-state index contributed by atoms with van der Waals surface area (Å²) in [5.74, 6) is 0. The number of benzene rings is 5. The number of fused-ring (bicyclic) bond motifs is 3. The van der Waals surface area contributed by atoms with Crippen LogP contribution in [0, 0.1) is 0 Å². The Bertz CT molecular complexity index is 2110. The summed E-state index contributed by atoms with van der Waals surface area (Å²) in [4.78, 5) is 5.05. The number of pyridine rings is 1. The zero-order valence-electron chi connectivity index (χ0n) is 24.6. The highest BCUT2D eigenvalue weighted by Crippen LogP contribution is 2.45. The third-order valence-corrected chi connectivity index (χ3v) is 8.74. The van der Waals surface area contributed by atoms with Gasteiger partial charge in [-0.1, -0.05) is 103 Å². The van der Waals surface area contributed by atoms with E-state index in [0.717, 1.165) is 40.9 Å². The summed E-state index contributed by atoms with van der Waals surface area (Å²) in [5.41, 5.74) is 18.9. The third kappa shape index (κ3) is 4.75. The van der Waals surface area contributed by atoms with E-state index in [-0.39, 0.29) is 0 Å². The van der Waals surface area contributed by atoms with Crippen molar-refractivity contribution in [2.24, 2.45) is 5.73 Å². The molecule has 0 spiro atoms. The van der Waals surface area contributed by atoms with Crippen LogP contribution in [0.1, 0.15) is 37.1 Å². The predicted molar refractivity (Wildman–Crippen MR) is 185 cm³/mol. The van der Waals surface area contributed by atoms with Gasteiger partial charge < -0.3 is 5.73 Å². The molecule has 0 saturated heterocycles. The molecule has 208 valence electrons. The molecular formula is C41H34N2. The van der Waals surface area contributed by atoms with Crippen molar-refractivity contribution in [2.45, 2.75) is 26.7 Å². The van der Waals surface area contributed by atoms with Gasteiger partial charge in [-0.25, -0.2) is 4.98 Å². The molecule has 0 saturated carbocycles. The first-order valence-electron chi connectivity index (χ1n) is 15.0. The van der Waals surface area contributed by atoms with Gasteiger partial charge in [0.1, 0.15) is 0 Å². The Balaban J connectivity index is 1.43. The van der Waals surface area contributed by atoms with Gasteiger partial charge in [0.15, 0.2) is 0 Å². The van der Waals surface area contributed by atoms with Crippen LogP contribution in [0.15, 0.2) is 133 Å². The average molecular weight is 555 g/mol. The highest BCUT2D eigenvalue weighted by Gasteiger charge is 2.22. The van der Waals surface area contributed by atoms with E-state index in [4.69, 9.17) is 10.7 Å². The van der Waals surface area contributed by atoms with Crippen molar-refractivity contribution >= 4 is 33.2 Å². The van der Waals surface area contributed by atoms with Crippen molar-refractivity contribution in [2.75, 3.05) is 0 Å². The Morgan fingerprint density at radius 2 is 1.44 bits per heavy atom. The van der Waals surface area contributed by atoms with Gasteiger partial charge in [-0.15, -0.1) is 0 Å². The normalized spacial score (nSPS) is 13.4. The summed E-state index contributed by atoms with van der Waals surface area (Å²) in [6.45, 7) is 4.09. The van der Waals surface area contributed by atoms with E-state index in [9.17, 15) is 0 Å². The van der Waals surface area contributed by atoms with Gasteiger partial charge in [-0.2, -0.15) is 0 Å². The lowest BCUT2D eigenvalue weighted by atomic mass is 9.80. The maximum absolute atomic E-state index is 6.02. The van der Waals surface area contributed by atoms with E-state index < -0.39 is 0 Å². The molecule has 2 N–H and O–H groups in total. The van der Waals surface area contributed by atoms with E-state index in [1.807, 2.05) is 13.0 Å². The highest BCUT2D eigenvalue weighted by atomic mass is 14.7. The number of aromatic nitrogens is 1. The molecule has 0 unspecified atom stereocenters. The lowest BCUT2D eigenvalue weighted by molar-refractivity contribution is 0.991. The van der Waals surface area contributed by atoms with E-state index in [1.54, 1.807) is 6.20 Å². The predicted octanol–water partition coefficient (Wildman–Crippen LogP) is 10.6. The van der Waals surface area contributed by atoms with Crippen molar-refractivity contribution in [3.05, 3.63) is 150 Å². The first kappa shape index (κ1) is 26.7. The molecule has 1 aliphatic carbocycles. The monoisotopic (exact) mass is 554 g/mol. The maximum atomic E-state index is 6.02. The minimum absolute atomic E-state index is 0.883. The summed E-state index contributed by atoms with van der Waals surface area (Å²) >= 11 is 0. The van der Waals surface area contributed by atoms with Crippen LogP contribution >= 0.6 is 0 Å². The van der Waals surface area contributed by atoms with E-state index >= 15 is 0 Å². The van der Waals surface area contributed by atoms with Crippen LogP contribution in [0.4, 0.5) is 0 Å². The van der Waals surface area contributed by atoms with Crippen molar-refractivity contribution in [1.82, 2.24) is 4.98 Å². The molecular weight excluding hydrogens is 520 g/mol. The second-order valence-corrected chi connectivity index (χ2v) is 11.2. The van der Waals surface area contributed by atoms with Crippen LogP contribution in [-0.4, -0.2) is 4.98 Å². The van der Waals surface area contributed by atoms with E-state index in [1.165, 1.54) is 54.9 Å². The highest BCUT2D eigenvalue weighted by molar-refractivity contribution is 6.11. The molecule has 1 aromatic heterocycles. The quantitative estimate of drug-likeness (QED) is 0.215. The van der Waals surface area contributed by atoms with Crippen LogP contribution in [0.25, 0.3) is 66.7 Å². The van der Waals surface area contributed by atoms with Gasteiger partial charge in [0.05, 0.1) is 11.4 Å². The van der Waals surface area contributed by atoms with Crippen molar-refractivity contribution in [3.63, 3.8) is 0 Å². The van der Waals surface area contributed by atoms with Gasteiger partial charge in [-0.3, -0.25) is 0 Å². The summed E-state index contributed by atoms with van der Waals surface area (Å²) in [5, 5.41) is 5.10. The minimum atomic E-state index is 0.883. The number of hydrogen-bond donors (Lipinski definition) is 1. The second kappa shape index (κ2) is 11.2. The number of rotatable bonds is 5. The molecule has 43 heavy (non-hydrogen) atoms. The Labute approximate surface area is 253 Å². The number of allylic oxidation sites excluding steroid dienone is 4. The standard InChI is InChI=1S/C41H34N2/c1-3-27(2)37(26-42)39-21-11-20-38(43-39)30-14-10-15-31(25-30)40-33-16-6-8-18-35(33)41(36-19-9-7-17-34(36)40)32-23-22-28-12-4-5-13-29(28)24-32/h3-6,8-16,18-26H,7,17,42H2,1-2H3/b27-3-,37-26+. The molecule has 0 atom stereocenters. The van der Waals surface area contributed by atoms with Crippen LogP contribution in [0.2, 0.25) is 0 Å². The molecule has 0 fully saturated rings. The van der Waals surface area contributed by atoms with Crippen molar-refractivity contribution < 1.29 is 0 Å². The van der Waals surface area contributed by atoms with E-state index in [2.05, 4.69) is 128 Å². The molecule has 7 rings (SSSR count).